The van der Waals surface area contributed by atoms with Crippen molar-refractivity contribution >= 4 is 28.7 Å². The van der Waals surface area contributed by atoms with E-state index in [1.165, 1.54) is 37.2 Å². The Bertz CT molecular complexity index is 711. The van der Waals surface area contributed by atoms with Crippen LogP contribution in [0.4, 0.5) is 11.4 Å². The molecule has 2 aromatic carbocycles. The van der Waals surface area contributed by atoms with E-state index in [2.05, 4.69) is 46.7 Å². The number of nitrogens with one attached hydrogen (secondary N) is 2. The number of hydrogen-bond acceptors (Lipinski definition) is 3. The standard InChI is InChI=1S/C20H25N3OS/c1-15(16-8-10-18(11-9-16)23-12-3-4-13-23)21-20(25)22-17-6-5-7-19(14-17)24-2/h5-11,14-15H,3-4,12-13H2,1-2H3,(H2,21,22,25)/t15-/m1/s1. The van der Waals surface area contributed by atoms with Gasteiger partial charge in [0, 0.05) is 30.5 Å². The Kier molecular flexibility index (Phi) is 5.76. The third kappa shape index (κ3) is 4.63. The van der Waals surface area contributed by atoms with Gasteiger partial charge in [0.15, 0.2) is 5.11 Å². The van der Waals surface area contributed by atoms with E-state index >= 15 is 0 Å². The summed E-state index contributed by atoms with van der Waals surface area (Å²) in [5.41, 5.74) is 3.44. The largest absolute Gasteiger partial charge is 0.497 e. The van der Waals surface area contributed by atoms with Crippen LogP contribution in [0.5, 0.6) is 5.75 Å². The van der Waals surface area contributed by atoms with Crippen LogP contribution < -0.4 is 20.3 Å². The fourth-order valence-electron chi connectivity index (χ4n) is 3.10. The lowest BCUT2D eigenvalue weighted by Gasteiger charge is -2.20. The zero-order valence-corrected chi connectivity index (χ0v) is 15.6. The van der Waals surface area contributed by atoms with E-state index in [0.717, 1.165) is 11.4 Å². The summed E-state index contributed by atoms with van der Waals surface area (Å²) in [7, 11) is 1.66. The maximum absolute atomic E-state index is 5.43. The Morgan fingerprint density at radius 3 is 2.52 bits per heavy atom. The predicted octanol–water partition coefficient (Wildman–Crippen LogP) is 4.34. The monoisotopic (exact) mass is 355 g/mol. The van der Waals surface area contributed by atoms with E-state index in [9.17, 15) is 0 Å². The molecule has 0 spiro atoms. The number of rotatable bonds is 5. The molecule has 5 heteroatoms. The van der Waals surface area contributed by atoms with Crippen LogP contribution in [0.2, 0.25) is 0 Å². The predicted molar refractivity (Wildman–Crippen MR) is 109 cm³/mol. The third-order valence-electron chi connectivity index (χ3n) is 4.54. The average molecular weight is 356 g/mol. The summed E-state index contributed by atoms with van der Waals surface area (Å²) in [6, 6.07) is 16.6. The van der Waals surface area contributed by atoms with Crippen molar-refractivity contribution in [1.29, 1.82) is 0 Å². The van der Waals surface area contributed by atoms with Crippen molar-refractivity contribution in [3.8, 4) is 5.75 Å². The molecule has 1 aliphatic heterocycles. The summed E-state index contributed by atoms with van der Waals surface area (Å²) in [4.78, 5) is 2.44. The van der Waals surface area contributed by atoms with Gasteiger partial charge >= 0.3 is 0 Å². The van der Waals surface area contributed by atoms with Crippen molar-refractivity contribution in [1.82, 2.24) is 5.32 Å². The molecule has 0 bridgehead atoms. The van der Waals surface area contributed by atoms with Crippen molar-refractivity contribution in [2.75, 3.05) is 30.4 Å². The highest BCUT2D eigenvalue weighted by Gasteiger charge is 2.13. The number of ether oxygens (including phenoxy) is 1. The number of thiocarbonyl (C=S) groups is 1. The molecule has 0 unspecified atom stereocenters. The molecule has 1 heterocycles. The van der Waals surface area contributed by atoms with E-state index in [0.29, 0.717) is 5.11 Å². The average Bonchev–Trinajstić information content (AvgIpc) is 3.16. The minimum Gasteiger partial charge on any atom is -0.497 e. The van der Waals surface area contributed by atoms with Gasteiger partial charge in [0.1, 0.15) is 5.75 Å². The van der Waals surface area contributed by atoms with Crippen LogP contribution in [0.25, 0.3) is 0 Å². The molecule has 0 aromatic heterocycles. The van der Waals surface area contributed by atoms with Crippen molar-refractivity contribution in [2.24, 2.45) is 0 Å². The summed E-state index contributed by atoms with van der Waals surface area (Å²) in [5, 5.41) is 7.14. The van der Waals surface area contributed by atoms with Gasteiger partial charge in [-0.3, -0.25) is 0 Å². The molecular formula is C20H25N3OS. The molecule has 1 saturated heterocycles. The summed E-state index contributed by atoms with van der Waals surface area (Å²) < 4.78 is 5.23. The molecule has 2 N–H and O–H groups in total. The zero-order valence-electron chi connectivity index (χ0n) is 14.8. The van der Waals surface area contributed by atoms with Crippen molar-refractivity contribution in [2.45, 2.75) is 25.8 Å². The molecule has 1 atom stereocenters. The number of hydrogen-bond donors (Lipinski definition) is 2. The summed E-state index contributed by atoms with van der Waals surface area (Å²) in [6.45, 7) is 4.45. The van der Waals surface area contributed by atoms with Crippen LogP contribution in [-0.4, -0.2) is 25.3 Å². The lowest BCUT2D eigenvalue weighted by atomic mass is 10.1. The van der Waals surface area contributed by atoms with Crippen LogP contribution in [0.1, 0.15) is 31.4 Å². The third-order valence-corrected chi connectivity index (χ3v) is 4.76. The highest BCUT2D eigenvalue weighted by Crippen LogP contribution is 2.23. The van der Waals surface area contributed by atoms with Gasteiger partial charge in [-0.2, -0.15) is 0 Å². The van der Waals surface area contributed by atoms with Gasteiger partial charge in [-0.1, -0.05) is 18.2 Å². The SMILES string of the molecule is COc1cccc(NC(=S)N[C@H](C)c2ccc(N3CCCC3)cc2)c1. The highest BCUT2D eigenvalue weighted by atomic mass is 32.1. The first-order chi connectivity index (χ1) is 12.2. The first-order valence-corrected chi connectivity index (χ1v) is 9.13. The van der Waals surface area contributed by atoms with Gasteiger partial charge in [-0.15, -0.1) is 0 Å². The fraction of sp³-hybridized carbons (Fsp3) is 0.350. The Labute approximate surface area is 155 Å². The second-order valence-electron chi connectivity index (χ2n) is 6.34. The molecule has 1 aliphatic rings. The highest BCUT2D eigenvalue weighted by molar-refractivity contribution is 7.80. The normalized spacial score (nSPS) is 14.9. The number of methoxy groups -OCH3 is 1. The summed E-state index contributed by atoms with van der Waals surface area (Å²) in [6.07, 6.45) is 2.59. The van der Waals surface area contributed by atoms with Gasteiger partial charge in [0.05, 0.1) is 13.2 Å². The van der Waals surface area contributed by atoms with Crippen LogP contribution >= 0.6 is 12.2 Å². The second-order valence-corrected chi connectivity index (χ2v) is 6.75. The Hall–Kier alpha value is -2.27. The van der Waals surface area contributed by atoms with Crippen LogP contribution in [-0.2, 0) is 0 Å². The molecule has 132 valence electrons. The molecule has 0 saturated carbocycles. The Morgan fingerprint density at radius 1 is 1.12 bits per heavy atom. The van der Waals surface area contributed by atoms with Crippen molar-refractivity contribution < 1.29 is 4.74 Å². The Morgan fingerprint density at radius 2 is 1.84 bits per heavy atom. The molecule has 4 nitrogen and oxygen atoms in total. The number of anilines is 2. The van der Waals surface area contributed by atoms with Crippen molar-refractivity contribution in [3.63, 3.8) is 0 Å². The maximum atomic E-state index is 5.43. The molecule has 0 aliphatic carbocycles. The topological polar surface area (TPSA) is 36.5 Å². The number of nitrogens with zero attached hydrogens (tertiary/aromatic N) is 1. The maximum Gasteiger partial charge on any atom is 0.171 e. The molecule has 25 heavy (non-hydrogen) atoms. The van der Waals surface area contributed by atoms with Crippen LogP contribution in [0.15, 0.2) is 48.5 Å². The van der Waals surface area contributed by atoms with Gasteiger partial charge in [-0.25, -0.2) is 0 Å². The van der Waals surface area contributed by atoms with Crippen LogP contribution in [0.3, 0.4) is 0 Å². The lowest BCUT2D eigenvalue weighted by Crippen LogP contribution is -2.30. The van der Waals surface area contributed by atoms with Gasteiger partial charge < -0.3 is 20.3 Å². The second kappa shape index (κ2) is 8.21. The van der Waals surface area contributed by atoms with E-state index in [4.69, 9.17) is 17.0 Å². The van der Waals surface area contributed by atoms with E-state index in [-0.39, 0.29) is 6.04 Å². The fourth-order valence-corrected chi connectivity index (χ4v) is 3.39. The summed E-state index contributed by atoms with van der Waals surface area (Å²) in [5.74, 6) is 0.804. The Balaban J connectivity index is 1.57. The molecule has 2 aromatic rings. The van der Waals surface area contributed by atoms with E-state index in [1.807, 2.05) is 24.3 Å². The van der Waals surface area contributed by atoms with E-state index < -0.39 is 0 Å². The lowest BCUT2D eigenvalue weighted by molar-refractivity contribution is 0.415. The zero-order chi connectivity index (χ0) is 17.6. The molecule has 0 radical (unpaired) electrons. The smallest absolute Gasteiger partial charge is 0.171 e. The molecule has 0 amide bonds. The quantitative estimate of drug-likeness (QED) is 0.780. The minimum atomic E-state index is 0.137. The van der Waals surface area contributed by atoms with Crippen molar-refractivity contribution in [3.05, 3.63) is 54.1 Å². The molecule has 1 fully saturated rings. The first-order valence-electron chi connectivity index (χ1n) is 8.72. The van der Waals surface area contributed by atoms with Gasteiger partial charge in [-0.05, 0) is 61.8 Å². The van der Waals surface area contributed by atoms with E-state index in [1.54, 1.807) is 7.11 Å². The van der Waals surface area contributed by atoms with Crippen LogP contribution in [0, 0.1) is 0 Å². The molecule has 3 rings (SSSR count). The minimum absolute atomic E-state index is 0.137. The van der Waals surface area contributed by atoms with Gasteiger partial charge in [0.25, 0.3) is 0 Å². The van der Waals surface area contributed by atoms with Gasteiger partial charge in [0.2, 0.25) is 0 Å². The first kappa shape index (κ1) is 17.5. The molecular weight excluding hydrogens is 330 g/mol. The summed E-state index contributed by atoms with van der Waals surface area (Å²) >= 11 is 5.43. The number of benzene rings is 2.